The third-order valence-corrected chi connectivity index (χ3v) is 3.54. The fourth-order valence-corrected chi connectivity index (χ4v) is 2.31. The van der Waals surface area contributed by atoms with E-state index < -0.39 is 0 Å². The van der Waals surface area contributed by atoms with Gasteiger partial charge in [-0.15, -0.1) is 0 Å². The highest BCUT2D eigenvalue weighted by molar-refractivity contribution is 5.94. The minimum Gasteiger partial charge on any atom is -0.352 e. The normalized spacial score (nSPS) is 10.4. The second kappa shape index (κ2) is 7.35. The highest BCUT2D eigenvalue weighted by Crippen LogP contribution is 2.06. The molecule has 3 rings (SSSR count). The summed E-state index contributed by atoms with van der Waals surface area (Å²) in [5, 5.41) is 7.10. The van der Waals surface area contributed by atoms with Gasteiger partial charge in [0.2, 0.25) is 0 Å². The number of rotatable bonds is 6. The maximum atomic E-state index is 12.1. The van der Waals surface area contributed by atoms with E-state index in [1.165, 1.54) is 0 Å². The molecule has 0 bridgehead atoms. The molecule has 23 heavy (non-hydrogen) atoms. The van der Waals surface area contributed by atoms with Crippen molar-refractivity contribution in [3.8, 4) is 0 Å². The Morgan fingerprint density at radius 3 is 2.61 bits per heavy atom. The number of carbonyl (C=O) groups is 1. The molecule has 0 aliphatic rings. The third kappa shape index (κ3) is 4.26. The lowest BCUT2D eigenvalue weighted by Crippen LogP contribution is -2.25. The average Bonchev–Trinajstić information content (AvgIpc) is 3.09. The number of hydrogen-bond acceptors (Lipinski definition) is 3. The standard InChI is InChI=1S/C18H18N4O/c23-18(20-11-8-15-3-1-9-19-13-15)17-6-4-16(5-7-17)14-22-12-2-10-21-22/h1-7,9-10,12-13H,8,11,14H2,(H,20,23). The van der Waals surface area contributed by atoms with E-state index in [2.05, 4.69) is 15.4 Å². The zero-order chi connectivity index (χ0) is 15.9. The molecule has 5 nitrogen and oxygen atoms in total. The predicted octanol–water partition coefficient (Wildman–Crippen LogP) is 2.30. The van der Waals surface area contributed by atoms with Gasteiger partial charge in [-0.2, -0.15) is 5.10 Å². The molecule has 0 spiro atoms. The molecule has 0 aliphatic carbocycles. The van der Waals surface area contributed by atoms with Gasteiger partial charge in [0.15, 0.2) is 0 Å². The number of amides is 1. The summed E-state index contributed by atoms with van der Waals surface area (Å²) in [6, 6.07) is 13.4. The predicted molar refractivity (Wildman–Crippen MR) is 88.0 cm³/mol. The van der Waals surface area contributed by atoms with Crippen LogP contribution in [0.5, 0.6) is 0 Å². The van der Waals surface area contributed by atoms with Gasteiger partial charge in [0, 0.05) is 36.9 Å². The van der Waals surface area contributed by atoms with Crippen molar-refractivity contribution in [2.24, 2.45) is 0 Å². The first-order valence-corrected chi connectivity index (χ1v) is 7.55. The van der Waals surface area contributed by atoms with E-state index in [9.17, 15) is 4.79 Å². The van der Waals surface area contributed by atoms with Crippen LogP contribution in [0.2, 0.25) is 0 Å². The fourth-order valence-electron chi connectivity index (χ4n) is 2.31. The number of nitrogens with one attached hydrogen (secondary N) is 1. The number of pyridine rings is 1. The summed E-state index contributed by atoms with van der Waals surface area (Å²) in [7, 11) is 0. The largest absolute Gasteiger partial charge is 0.352 e. The molecule has 0 fully saturated rings. The van der Waals surface area contributed by atoms with Crippen LogP contribution in [-0.4, -0.2) is 27.2 Å². The Balaban J connectivity index is 1.51. The molecule has 0 radical (unpaired) electrons. The van der Waals surface area contributed by atoms with Gasteiger partial charge in [0.1, 0.15) is 0 Å². The highest BCUT2D eigenvalue weighted by Gasteiger charge is 2.05. The molecule has 2 aromatic heterocycles. The fraction of sp³-hybridized carbons (Fsp3) is 0.167. The average molecular weight is 306 g/mol. The summed E-state index contributed by atoms with van der Waals surface area (Å²) in [6.45, 7) is 1.30. The van der Waals surface area contributed by atoms with Crippen LogP contribution in [0.25, 0.3) is 0 Å². The van der Waals surface area contributed by atoms with Crippen LogP contribution in [-0.2, 0) is 13.0 Å². The zero-order valence-electron chi connectivity index (χ0n) is 12.7. The van der Waals surface area contributed by atoms with Crippen molar-refractivity contribution in [2.45, 2.75) is 13.0 Å². The van der Waals surface area contributed by atoms with Crippen molar-refractivity contribution in [2.75, 3.05) is 6.54 Å². The summed E-state index contributed by atoms with van der Waals surface area (Å²) in [4.78, 5) is 16.2. The number of aromatic nitrogens is 3. The summed E-state index contributed by atoms with van der Waals surface area (Å²) in [5.41, 5.74) is 2.89. The first kappa shape index (κ1) is 15.0. The van der Waals surface area contributed by atoms with Crippen molar-refractivity contribution in [1.82, 2.24) is 20.1 Å². The van der Waals surface area contributed by atoms with E-state index in [-0.39, 0.29) is 5.91 Å². The van der Waals surface area contributed by atoms with Gasteiger partial charge in [-0.1, -0.05) is 18.2 Å². The SMILES string of the molecule is O=C(NCCc1cccnc1)c1ccc(Cn2cccn2)cc1. The molecule has 0 saturated carbocycles. The highest BCUT2D eigenvalue weighted by atomic mass is 16.1. The summed E-state index contributed by atoms with van der Waals surface area (Å²) in [5.74, 6) is -0.0560. The molecule has 1 aromatic carbocycles. The molecule has 5 heteroatoms. The van der Waals surface area contributed by atoms with Crippen LogP contribution < -0.4 is 5.32 Å². The van der Waals surface area contributed by atoms with Gasteiger partial charge in [-0.3, -0.25) is 14.5 Å². The topological polar surface area (TPSA) is 59.8 Å². The van der Waals surface area contributed by atoms with Crippen molar-refractivity contribution in [3.63, 3.8) is 0 Å². The van der Waals surface area contributed by atoms with Crippen molar-refractivity contribution >= 4 is 5.91 Å². The van der Waals surface area contributed by atoms with E-state index in [0.29, 0.717) is 18.7 Å². The molecular weight excluding hydrogens is 288 g/mol. The molecule has 116 valence electrons. The molecule has 2 heterocycles. The first-order chi connectivity index (χ1) is 11.3. The summed E-state index contributed by atoms with van der Waals surface area (Å²) < 4.78 is 1.85. The smallest absolute Gasteiger partial charge is 0.251 e. The molecule has 0 saturated heterocycles. The lowest BCUT2D eigenvalue weighted by Gasteiger charge is -2.07. The van der Waals surface area contributed by atoms with Gasteiger partial charge in [-0.25, -0.2) is 0 Å². The van der Waals surface area contributed by atoms with E-state index in [0.717, 1.165) is 17.5 Å². The monoisotopic (exact) mass is 306 g/mol. The van der Waals surface area contributed by atoms with Crippen molar-refractivity contribution < 1.29 is 4.79 Å². The molecule has 1 amide bonds. The van der Waals surface area contributed by atoms with E-state index in [1.807, 2.05) is 59.5 Å². The van der Waals surface area contributed by atoms with Crippen molar-refractivity contribution in [1.29, 1.82) is 0 Å². The lowest BCUT2D eigenvalue weighted by atomic mass is 10.1. The lowest BCUT2D eigenvalue weighted by molar-refractivity contribution is 0.0954. The van der Waals surface area contributed by atoms with Crippen LogP contribution in [0.15, 0.2) is 67.3 Å². The van der Waals surface area contributed by atoms with Gasteiger partial charge < -0.3 is 5.32 Å². The minimum absolute atomic E-state index is 0.0560. The van der Waals surface area contributed by atoms with Crippen LogP contribution in [0, 0.1) is 0 Å². The maximum absolute atomic E-state index is 12.1. The van der Waals surface area contributed by atoms with Gasteiger partial charge in [0.25, 0.3) is 5.91 Å². The Morgan fingerprint density at radius 1 is 1.04 bits per heavy atom. The van der Waals surface area contributed by atoms with E-state index >= 15 is 0 Å². The minimum atomic E-state index is -0.0560. The molecule has 0 unspecified atom stereocenters. The summed E-state index contributed by atoms with van der Waals surface area (Å²) >= 11 is 0. The quantitative estimate of drug-likeness (QED) is 0.760. The second-order valence-corrected chi connectivity index (χ2v) is 5.27. The van der Waals surface area contributed by atoms with Crippen LogP contribution in [0.4, 0.5) is 0 Å². The molecule has 1 N–H and O–H groups in total. The molecule has 0 aliphatic heterocycles. The zero-order valence-corrected chi connectivity index (χ0v) is 12.7. The van der Waals surface area contributed by atoms with Crippen LogP contribution in [0.1, 0.15) is 21.5 Å². The number of hydrogen-bond donors (Lipinski definition) is 1. The summed E-state index contributed by atoms with van der Waals surface area (Å²) in [6.07, 6.45) is 8.00. The van der Waals surface area contributed by atoms with Gasteiger partial charge >= 0.3 is 0 Å². The first-order valence-electron chi connectivity index (χ1n) is 7.55. The van der Waals surface area contributed by atoms with Gasteiger partial charge in [-0.05, 0) is 41.8 Å². The molecule has 0 atom stereocenters. The Bertz CT molecular complexity index is 736. The number of carbonyl (C=O) groups excluding carboxylic acids is 1. The Hall–Kier alpha value is -2.95. The Labute approximate surface area is 135 Å². The third-order valence-electron chi connectivity index (χ3n) is 3.54. The number of benzene rings is 1. The molecular formula is C18H18N4O. The van der Waals surface area contributed by atoms with Crippen LogP contribution in [0.3, 0.4) is 0 Å². The second-order valence-electron chi connectivity index (χ2n) is 5.27. The van der Waals surface area contributed by atoms with Crippen LogP contribution >= 0.6 is 0 Å². The van der Waals surface area contributed by atoms with E-state index in [4.69, 9.17) is 0 Å². The Kier molecular flexibility index (Phi) is 4.79. The molecule has 3 aromatic rings. The van der Waals surface area contributed by atoms with Gasteiger partial charge in [0.05, 0.1) is 6.54 Å². The van der Waals surface area contributed by atoms with E-state index in [1.54, 1.807) is 12.4 Å². The Morgan fingerprint density at radius 2 is 1.91 bits per heavy atom. The number of nitrogens with zero attached hydrogens (tertiary/aromatic N) is 3. The van der Waals surface area contributed by atoms with Crippen molar-refractivity contribution in [3.05, 3.63) is 83.9 Å². The maximum Gasteiger partial charge on any atom is 0.251 e.